The molecular weight excluding hydrogens is 336 g/mol. The van der Waals surface area contributed by atoms with E-state index in [1.165, 1.54) is 16.7 Å². The van der Waals surface area contributed by atoms with Gasteiger partial charge in [-0.25, -0.2) is 0 Å². The SMILES string of the molecule is Cc1[nH]nc(CCC(=O)N2CCC(N3CCc4ccccc4C3)CC2)c1C. The van der Waals surface area contributed by atoms with Gasteiger partial charge >= 0.3 is 0 Å². The first-order valence-electron chi connectivity index (χ1n) is 10.2. The number of likely N-dealkylation sites (tertiary alicyclic amines) is 1. The third-order valence-electron chi connectivity index (χ3n) is 6.42. The number of rotatable bonds is 4. The lowest BCUT2D eigenvalue weighted by molar-refractivity contribution is -0.132. The predicted molar refractivity (Wildman–Crippen MR) is 107 cm³/mol. The number of carbonyl (C=O) groups is 1. The van der Waals surface area contributed by atoms with Crippen molar-refractivity contribution in [2.24, 2.45) is 0 Å². The summed E-state index contributed by atoms with van der Waals surface area (Å²) in [6.07, 6.45) is 4.63. The van der Waals surface area contributed by atoms with Gasteiger partial charge in [0.1, 0.15) is 0 Å². The molecule has 1 N–H and O–H groups in total. The van der Waals surface area contributed by atoms with Crippen LogP contribution in [-0.4, -0.2) is 51.6 Å². The molecular formula is C22H30N4O. The lowest BCUT2D eigenvalue weighted by Gasteiger charge is -2.40. The van der Waals surface area contributed by atoms with E-state index in [0.29, 0.717) is 12.5 Å². The number of fused-ring (bicyclic) bond motifs is 1. The number of aromatic nitrogens is 2. The summed E-state index contributed by atoms with van der Waals surface area (Å²) in [7, 11) is 0. The van der Waals surface area contributed by atoms with Crippen LogP contribution in [0.4, 0.5) is 0 Å². The molecule has 0 spiro atoms. The van der Waals surface area contributed by atoms with Crippen LogP contribution in [0.15, 0.2) is 24.3 Å². The summed E-state index contributed by atoms with van der Waals surface area (Å²) >= 11 is 0. The molecule has 2 aliphatic heterocycles. The molecule has 2 aliphatic rings. The molecule has 4 rings (SSSR count). The number of hydrogen-bond acceptors (Lipinski definition) is 3. The fraction of sp³-hybridized carbons (Fsp3) is 0.545. The van der Waals surface area contributed by atoms with E-state index in [0.717, 1.165) is 63.3 Å². The van der Waals surface area contributed by atoms with Crippen LogP contribution in [0.2, 0.25) is 0 Å². The van der Waals surface area contributed by atoms with Crippen molar-refractivity contribution >= 4 is 5.91 Å². The van der Waals surface area contributed by atoms with Gasteiger partial charge in [-0.3, -0.25) is 14.8 Å². The van der Waals surface area contributed by atoms with E-state index in [1.54, 1.807) is 0 Å². The number of H-pyrrole nitrogens is 1. The summed E-state index contributed by atoms with van der Waals surface area (Å²) in [5, 5.41) is 7.33. The molecule has 1 amide bonds. The molecule has 5 nitrogen and oxygen atoms in total. The Hall–Kier alpha value is -2.14. The zero-order chi connectivity index (χ0) is 18.8. The van der Waals surface area contributed by atoms with Gasteiger partial charge in [0, 0.05) is 50.8 Å². The Morgan fingerprint density at radius 1 is 1.15 bits per heavy atom. The molecule has 0 bridgehead atoms. The highest BCUT2D eigenvalue weighted by Crippen LogP contribution is 2.25. The molecule has 2 aromatic rings. The van der Waals surface area contributed by atoms with Gasteiger partial charge in [0.2, 0.25) is 5.91 Å². The maximum Gasteiger partial charge on any atom is 0.222 e. The summed E-state index contributed by atoms with van der Waals surface area (Å²) in [5.41, 5.74) is 6.30. The van der Waals surface area contributed by atoms with Crippen LogP contribution in [0.5, 0.6) is 0 Å². The molecule has 27 heavy (non-hydrogen) atoms. The van der Waals surface area contributed by atoms with Crippen molar-refractivity contribution in [3.63, 3.8) is 0 Å². The molecule has 5 heteroatoms. The molecule has 3 heterocycles. The summed E-state index contributed by atoms with van der Waals surface area (Å²) in [5.74, 6) is 0.275. The minimum atomic E-state index is 0.275. The summed E-state index contributed by atoms with van der Waals surface area (Å²) in [6, 6.07) is 9.42. The Kier molecular flexibility index (Phi) is 5.30. The first-order chi connectivity index (χ1) is 13.1. The molecule has 0 saturated carbocycles. The van der Waals surface area contributed by atoms with Crippen molar-refractivity contribution in [2.45, 2.75) is 58.5 Å². The lowest BCUT2D eigenvalue weighted by atomic mass is 9.95. The summed E-state index contributed by atoms with van der Waals surface area (Å²) in [6.45, 7) is 8.08. The van der Waals surface area contributed by atoms with E-state index >= 15 is 0 Å². The average Bonchev–Trinajstić information content (AvgIpc) is 3.04. The standard InChI is InChI=1S/C22H30N4O/c1-16-17(2)23-24-21(16)7-8-22(27)25-13-10-20(11-14-25)26-12-9-18-5-3-4-6-19(18)15-26/h3-6,20H,7-15H2,1-2H3,(H,23,24). The highest BCUT2D eigenvalue weighted by atomic mass is 16.2. The topological polar surface area (TPSA) is 52.2 Å². The van der Waals surface area contributed by atoms with Crippen molar-refractivity contribution < 1.29 is 4.79 Å². The van der Waals surface area contributed by atoms with E-state index in [4.69, 9.17) is 0 Å². The summed E-state index contributed by atoms with van der Waals surface area (Å²) in [4.78, 5) is 17.3. The van der Waals surface area contributed by atoms with Crippen LogP contribution >= 0.6 is 0 Å². The van der Waals surface area contributed by atoms with Gasteiger partial charge in [0.05, 0.1) is 5.69 Å². The Morgan fingerprint density at radius 2 is 1.89 bits per heavy atom. The fourth-order valence-electron chi connectivity index (χ4n) is 4.47. The predicted octanol–water partition coefficient (Wildman–Crippen LogP) is 3.01. The Balaban J connectivity index is 1.26. The average molecular weight is 367 g/mol. The molecule has 144 valence electrons. The van der Waals surface area contributed by atoms with Gasteiger partial charge < -0.3 is 4.90 Å². The lowest BCUT2D eigenvalue weighted by Crippen LogP contribution is -2.48. The third kappa shape index (κ3) is 3.93. The molecule has 0 unspecified atom stereocenters. The fourth-order valence-corrected chi connectivity index (χ4v) is 4.47. The van der Waals surface area contributed by atoms with E-state index in [2.05, 4.69) is 51.2 Å². The minimum absolute atomic E-state index is 0.275. The van der Waals surface area contributed by atoms with Crippen LogP contribution in [-0.2, 0) is 24.2 Å². The highest BCUT2D eigenvalue weighted by Gasteiger charge is 2.28. The van der Waals surface area contributed by atoms with E-state index in [-0.39, 0.29) is 5.91 Å². The molecule has 1 saturated heterocycles. The molecule has 0 atom stereocenters. The van der Waals surface area contributed by atoms with Gasteiger partial charge in [-0.2, -0.15) is 5.10 Å². The van der Waals surface area contributed by atoms with Gasteiger partial charge in [-0.1, -0.05) is 24.3 Å². The first kappa shape index (κ1) is 18.2. The normalized spacial score (nSPS) is 18.5. The Bertz CT molecular complexity index is 804. The number of aromatic amines is 1. The molecule has 0 radical (unpaired) electrons. The molecule has 1 aromatic heterocycles. The van der Waals surface area contributed by atoms with Gasteiger partial charge in [-0.05, 0) is 49.8 Å². The molecule has 1 fully saturated rings. The van der Waals surface area contributed by atoms with Gasteiger partial charge in [-0.15, -0.1) is 0 Å². The second-order valence-electron chi connectivity index (χ2n) is 8.02. The maximum atomic E-state index is 12.6. The van der Waals surface area contributed by atoms with E-state index in [1.807, 2.05) is 6.92 Å². The number of benzene rings is 1. The number of aryl methyl sites for hydroxylation is 2. The number of nitrogens with zero attached hydrogens (tertiary/aromatic N) is 3. The zero-order valence-electron chi connectivity index (χ0n) is 16.5. The van der Waals surface area contributed by atoms with Crippen LogP contribution in [0.25, 0.3) is 0 Å². The second-order valence-corrected chi connectivity index (χ2v) is 8.02. The van der Waals surface area contributed by atoms with Crippen molar-refractivity contribution in [3.8, 4) is 0 Å². The molecule has 0 aliphatic carbocycles. The maximum absolute atomic E-state index is 12.6. The Morgan fingerprint density at radius 3 is 2.59 bits per heavy atom. The van der Waals surface area contributed by atoms with Crippen molar-refractivity contribution in [1.82, 2.24) is 20.0 Å². The third-order valence-corrected chi connectivity index (χ3v) is 6.42. The minimum Gasteiger partial charge on any atom is -0.343 e. The monoisotopic (exact) mass is 366 g/mol. The number of hydrogen-bond donors (Lipinski definition) is 1. The van der Waals surface area contributed by atoms with Crippen LogP contribution in [0, 0.1) is 13.8 Å². The molecule has 1 aromatic carbocycles. The number of amides is 1. The quantitative estimate of drug-likeness (QED) is 0.905. The van der Waals surface area contributed by atoms with Crippen LogP contribution < -0.4 is 0 Å². The van der Waals surface area contributed by atoms with Crippen molar-refractivity contribution in [2.75, 3.05) is 19.6 Å². The zero-order valence-corrected chi connectivity index (χ0v) is 16.5. The smallest absolute Gasteiger partial charge is 0.222 e. The van der Waals surface area contributed by atoms with Gasteiger partial charge in [0.15, 0.2) is 0 Å². The summed E-state index contributed by atoms with van der Waals surface area (Å²) < 4.78 is 0. The number of nitrogens with one attached hydrogen (secondary N) is 1. The largest absolute Gasteiger partial charge is 0.343 e. The number of carbonyl (C=O) groups excluding carboxylic acids is 1. The highest BCUT2D eigenvalue weighted by molar-refractivity contribution is 5.76. The first-order valence-corrected chi connectivity index (χ1v) is 10.2. The van der Waals surface area contributed by atoms with E-state index in [9.17, 15) is 4.79 Å². The van der Waals surface area contributed by atoms with Crippen LogP contribution in [0.3, 0.4) is 0 Å². The van der Waals surface area contributed by atoms with Crippen molar-refractivity contribution in [1.29, 1.82) is 0 Å². The van der Waals surface area contributed by atoms with Crippen molar-refractivity contribution in [3.05, 3.63) is 52.3 Å². The van der Waals surface area contributed by atoms with Crippen LogP contribution in [0.1, 0.15) is 47.3 Å². The van der Waals surface area contributed by atoms with E-state index < -0.39 is 0 Å². The Labute approximate surface area is 161 Å². The van der Waals surface area contributed by atoms with Gasteiger partial charge in [0.25, 0.3) is 0 Å². The second kappa shape index (κ2) is 7.85. The number of piperidine rings is 1.